The first-order chi connectivity index (χ1) is 9.67. The zero-order chi connectivity index (χ0) is 14.8. The molecule has 6 nitrogen and oxygen atoms in total. The van der Waals surface area contributed by atoms with Crippen LogP contribution >= 0.6 is 0 Å². The molecule has 0 saturated carbocycles. The van der Waals surface area contributed by atoms with Gasteiger partial charge in [-0.1, -0.05) is 18.2 Å². The van der Waals surface area contributed by atoms with E-state index in [1.807, 2.05) is 0 Å². The lowest BCUT2D eigenvalue weighted by Gasteiger charge is -2.18. The largest absolute Gasteiger partial charge is 0.488 e. The molecular formula is C14H20O6. The maximum absolute atomic E-state index is 9.07. The van der Waals surface area contributed by atoms with Crippen LogP contribution in [0.25, 0.3) is 0 Å². The van der Waals surface area contributed by atoms with Crippen molar-refractivity contribution in [1.82, 2.24) is 0 Å². The molecule has 1 unspecified atom stereocenters. The number of aliphatic hydroxyl groups excluding tert-OH is 2. The summed E-state index contributed by atoms with van der Waals surface area (Å²) in [5.74, 6) is 0.468. The van der Waals surface area contributed by atoms with E-state index in [9.17, 15) is 0 Å². The van der Waals surface area contributed by atoms with Gasteiger partial charge in [0.1, 0.15) is 12.4 Å². The van der Waals surface area contributed by atoms with Gasteiger partial charge >= 0.3 is 0 Å². The first-order valence-corrected chi connectivity index (χ1v) is 6.21. The number of hydrogen-bond donors (Lipinski definition) is 3. The summed E-state index contributed by atoms with van der Waals surface area (Å²) in [6, 6.07) is 6.42. The fraction of sp³-hybridized carbons (Fsp3) is 0.429. The Morgan fingerprint density at radius 1 is 1.25 bits per heavy atom. The Bertz CT molecular complexity index is 393. The Hall–Kier alpha value is -1.44. The molecule has 20 heavy (non-hydrogen) atoms. The minimum absolute atomic E-state index is 0.110. The average Bonchev–Trinajstić information content (AvgIpc) is 2.46. The minimum Gasteiger partial charge on any atom is -0.488 e. The Labute approximate surface area is 117 Å². The molecule has 0 saturated heterocycles. The van der Waals surface area contributed by atoms with E-state index in [1.165, 1.54) is 6.07 Å². The van der Waals surface area contributed by atoms with Crippen LogP contribution in [0.2, 0.25) is 0 Å². The molecule has 1 atom stereocenters. The van der Waals surface area contributed by atoms with Crippen LogP contribution in [0.4, 0.5) is 0 Å². The third-order valence-electron chi connectivity index (χ3n) is 2.34. The smallest absolute Gasteiger partial charge is 0.192 e. The SMILES string of the molecule is C=CCOC(COc1cccc(C(O)O)c1)OCCO. The maximum Gasteiger partial charge on any atom is 0.192 e. The normalized spacial score (nSPS) is 12.4. The van der Waals surface area contributed by atoms with Crippen molar-refractivity contribution >= 4 is 0 Å². The fourth-order valence-corrected chi connectivity index (χ4v) is 1.43. The van der Waals surface area contributed by atoms with Gasteiger partial charge in [-0.3, -0.25) is 0 Å². The summed E-state index contributed by atoms with van der Waals surface area (Å²) < 4.78 is 16.0. The highest BCUT2D eigenvalue weighted by Gasteiger charge is 2.11. The molecule has 1 rings (SSSR count). The van der Waals surface area contributed by atoms with E-state index < -0.39 is 12.6 Å². The average molecular weight is 284 g/mol. The first kappa shape index (κ1) is 16.6. The van der Waals surface area contributed by atoms with Crippen LogP contribution in [0.15, 0.2) is 36.9 Å². The van der Waals surface area contributed by atoms with Crippen molar-refractivity contribution in [2.24, 2.45) is 0 Å². The molecule has 0 heterocycles. The molecule has 1 aromatic rings. The van der Waals surface area contributed by atoms with Crippen LogP contribution < -0.4 is 4.74 Å². The molecular weight excluding hydrogens is 264 g/mol. The highest BCUT2D eigenvalue weighted by molar-refractivity contribution is 5.29. The quantitative estimate of drug-likeness (QED) is 0.430. The lowest BCUT2D eigenvalue weighted by Crippen LogP contribution is -2.26. The van der Waals surface area contributed by atoms with Gasteiger partial charge in [-0.25, -0.2) is 0 Å². The molecule has 0 aliphatic heterocycles. The number of benzene rings is 1. The standard InChI is InChI=1S/C14H20O6/c1-2-7-18-13(19-8-6-15)10-20-12-5-3-4-11(9-12)14(16)17/h2-5,9,13-17H,1,6-8,10H2. The van der Waals surface area contributed by atoms with Crippen LogP contribution in [0.3, 0.4) is 0 Å². The summed E-state index contributed by atoms with van der Waals surface area (Å²) in [5, 5.41) is 26.9. The van der Waals surface area contributed by atoms with Crippen LogP contribution in [0.1, 0.15) is 11.9 Å². The van der Waals surface area contributed by atoms with Gasteiger partial charge in [-0.05, 0) is 12.1 Å². The molecule has 0 amide bonds. The molecule has 6 heteroatoms. The van der Waals surface area contributed by atoms with Crippen LogP contribution in [-0.4, -0.2) is 48.0 Å². The van der Waals surface area contributed by atoms with Crippen molar-refractivity contribution in [2.45, 2.75) is 12.6 Å². The van der Waals surface area contributed by atoms with E-state index in [2.05, 4.69) is 6.58 Å². The predicted molar refractivity (Wildman–Crippen MR) is 72.1 cm³/mol. The summed E-state index contributed by atoms with van der Waals surface area (Å²) in [5.41, 5.74) is 0.335. The van der Waals surface area contributed by atoms with Crippen LogP contribution in [0, 0.1) is 0 Å². The molecule has 0 bridgehead atoms. The first-order valence-electron chi connectivity index (χ1n) is 6.21. The number of rotatable bonds is 10. The molecule has 112 valence electrons. The van der Waals surface area contributed by atoms with Gasteiger partial charge in [0.15, 0.2) is 12.6 Å². The summed E-state index contributed by atoms with van der Waals surface area (Å²) in [6.45, 7) is 3.97. The van der Waals surface area contributed by atoms with Crippen molar-refractivity contribution < 1.29 is 29.5 Å². The van der Waals surface area contributed by atoms with Gasteiger partial charge in [0.2, 0.25) is 0 Å². The Kier molecular flexibility index (Phi) is 7.86. The van der Waals surface area contributed by atoms with Crippen molar-refractivity contribution in [3.63, 3.8) is 0 Å². The second kappa shape index (κ2) is 9.46. The van der Waals surface area contributed by atoms with Gasteiger partial charge in [0.05, 0.1) is 19.8 Å². The van der Waals surface area contributed by atoms with Crippen molar-refractivity contribution in [3.05, 3.63) is 42.5 Å². The van der Waals surface area contributed by atoms with E-state index in [0.29, 0.717) is 17.9 Å². The highest BCUT2D eigenvalue weighted by atomic mass is 16.7. The fourth-order valence-electron chi connectivity index (χ4n) is 1.43. The molecule has 0 aliphatic carbocycles. The predicted octanol–water partition coefficient (Wildman–Crippen LogP) is 0.586. The molecule has 0 fully saturated rings. The summed E-state index contributed by atoms with van der Waals surface area (Å²) in [7, 11) is 0. The highest BCUT2D eigenvalue weighted by Crippen LogP contribution is 2.18. The molecule has 0 radical (unpaired) electrons. The maximum atomic E-state index is 9.07. The van der Waals surface area contributed by atoms with Crippen molar-refractivity contribution in [3.8, 4) is 5.75 Å². The Morgan fingerprint density at radius 3 is 2.70 bits per heavy atom. The lowest BCUT2D eigenvalue weighted by atomic mass is 10.2. The Balaban J connectivity index is 2.52. The van der Waals surface area contributed by atoms with Gasteiger partial charge in [0, 0.05) is 5.56 Å². The lowest BCUT2D eigenvalue weighted by molar-refractivity contribution is -0.156. The van der Waals surface area contributed by atoms with Crippen molar-refractivity contribution in [1.29, 1.82) is 0 Å². The number of aliphatic hydroxyl groups is 3. The molecule has 0 aliphatic rings. The van der Waals surface area contributed by atoms with Gasteiger partial charge in [0.25, 0.3) is 0 Å². The third kappa shape index (κ3) is 6.14. The third-order valence-corrected chi connectivity index (χ3v) is 2.34. The molecule has 0 spiro atoms. The zero-order valence-corrected chi connectivity index (χ0v) is 11.1. The topological polar surface area (TPSA) is 88.4 Å². The number of hydrogen-bond acceptors (Lipinski definition) is 6. The van der Waals surface area contributed by atoms with Crippen LogP contribution in [0.5, 0.6) is 5.75 Å². The van der Waals surface area contributed by atoms with E-state index in [0.717, 1.165) is 0 Å². The number of ether oxygens (including phenoxy) is 3. The van der Waals surface area contributed by atoms with Crippen LogP contribution in [-0.2, 0) is 9.47 Å². The zero-order valence-electron chi connectivity index (χ0n) is 11.1. The van der Waals surface area contributed by atoms with E-state index >= 15 is 0 Å². The minimum atomic E-state index is -1.54. The second-order valence-electron chi connectivity index (χ2n) is 3.90. The van der Waals surface area contributed by atoms with Gasteiger partial charge < -0.3 is 29.5 Å². The molecule has 1 aromatic carbocycles. The Morgan fingerprint density at radius 2 is 2.05 bits per heavy atom. The van der Waals surface area contributed by atoms with E-state index in [4.69, 9.17) is 29.5 Å². The molecule has 3 N–H and O–H groups in total. The van der Waals surface area contributed by atoms with Crippen molar-refractivity contribution in [2.75, 3.05) is 26.4 Å². The summed E-state index contributed by atoms with van der Waals surface area (Å²) in [4.78, 5) is 0. The van der Waals surface area contributed by atoms with E-state index in [1.54, 1.807) is 24.3 Å². The van der Waals surface area contributed by atoms with Gasteiger partial charge in [-0.2, -0.15) is 0 Å². The summed E-state index contributed by atoms with van der Waals surface area (Å²) >= 11 is 0. The second-order valence-corrected chi connectivity index (χ2v) is 3.90. The monoisotopic (exact) mass is 284 g/mol. The summed E-state index contributed by atoms with van der Waals surface area (Å²) in [6.07, 6.45) is -0.599. The van der Waals surface area contributed by atoms with Gasteiger partial charge in [-0.15, -0.1) is 6.58 Å². The molecule has 0 aromatic heterocycles. The van der Waals surface area contributed by atoms with E-state index in [-0.39, 0.29) is 19.8 Å².